The average Bonchev–Trinajstić information content (AvgIpc) is 3.06. The molecule has 0 saturated heterocycles. The number of carbonyl (C=O) groups excluding carboxylic acids is 1. The van der Waals surface area contributed by atoms with Crippen molar-refractivity contribution in [2.45, 2.75) is 20.8 Å². The quantitative estimate of drug-likeness (QED) is 0.747. The number of carbonyl (C=O) groups is 1. The molecule has 0 radical (unpaired) electrons. The van der Waals surface area contributed by atoms with Crippen molar-refractivity contribution in [3.05, 3.63) is 47.6 Å². The Morgan fingerprint density at radius 1 is 1.35 bits per heavy atom. The van der Waals surface area contributed by atoms with Crippen LogP contribution in [0.1, 0.15) is 27.6 Å². The van der Waals surface area contributed by atoms with Crippen molar-refractivity contribution in [2.24, 2.45) is 0 Å². The van der Waals surface area contributed by atoms with Crippen LogP contribution in [0.3, 0.4) is 0 Å². The maximum atomic E-state index is 12.5. The summed E-state index contributed by atoms with van der Waals surface area (Å²) in [7, 11) is 0. The summed E-state index contributed by atoms with van der Waals surface area (Å²) in [5.74, 6) is 1.30. The Balaban J connectivity index is 2.20. The molecule has 0 aromatic carbocycles. The van der Waals surface area contributed by atoms with Crippen LogP contribution in [0.15, 0.2) is 33.7 Å². The predicted molar refractivity (Wildman–Crippen MR) is 86.2 cm³/mol. The number of furan rings is 1. The van der Waals surface area contributed by atoms with Gasteiger partial charge in [0.25, 0.3) is 11.6 Å². The Labute approximate surface area is 133 Å². The zero-order valence-corrected chi connectivity index (χ0v) is 13.3. The smallest absolute Gasteiger partial charge is 0.259 e. The molecule has 3 heterocycles. The molecule has 0 spiro atoms. The molecule has 3 aromatic rings. The van der Waals surface area contributed by atoms with Gasteiger partial charge in [-0.05, 0) is 32.9 Å². The molecule has 0 atom stereocenters. The van der Waals surface area contributed by atoms with E-state index in [0.717, 1.165) is 17.1 Å². The molecule has 0 aliphatic heterocycles. The van der Waals surface area contributed by atoms with Crippen molar-refractivity contribution >= 4 is 17.0 Å². The number of aryl methyl sites for hydroxylation is 3. The Morgan fingerprint density at radius 2 is 2.13 bits per heavy atom. The molecule has 1 N–H and O–H groups in total. The number of nitrogens with zero attached hydrogens (tertiary/aromatic N) is 2. The highest BCUT2D eigenvalue weighted by Crippen LogP contribution is 2.30. The third kappa shape index (κ3) is 2.63. The lowest BCUT2D eigenvalue weighted by Crippen LogP contribution is -2.23. The van der Waals surface area contributed by atoms with Crippen LogP contribution in [-0.2, 0) is 0 Å². The zero-order valence-electron chi connectivity index (χ0n) is 13.3. The van der Waals surface area contributed by atoms with Gasteiger partial charge in [-0.25, -0.2) is 4.98 Å². The number of aromatic nitrogens is 2. The van der Waals surface area contributed by atoms with Crippen molar-refractivity contribution in [1.82, 2.24) is 15.5 Å². The summed E-state index contributed by atoms with van der Waals surface area (Å²) in [6, 6.07) is 3.63. The average molecular weight is 311 g/mol. The van der Waals surface area contributed by atoms with Crippen LogP contribution in [-0.4, -0.2) is 22.6 Å². The maximum Gasteiger partial charge on any atom is 0.259 e. The highest BCUT2D eigenvalue weighted by atomic mass is 16.5. The van der Waals surface area contributed by atoms with Gasteiger partial charge in [0, 0.05) is 12.1 Å². The van der Waals surface area contributed by atoms with E-state index in [-0.39, 0.29) is 5.91 Å². The Morgan fingerprint density at radius 3 is 2.78 bits per heavy atom. The second kappa shape index (κ2) is 5.72. The third-order valence-electron chi connectivity index (χ3n) is 3.59. The molecular weight excluding hydrogens is 294 g/mol. The first-order valence-electron chi connectivity index (χ1n) is 7.24. The number of rotatable bonds is 4. The molecule has 6 heteroatoms. The minimum atomic E-state index is -0.220. The second-order valence-electron chi connectivity index (χ2n) is 5.33. The highest BCUT2D eigenvalue weighted by molar-refractivity contribution is 6.07. The summed E-state index contributed by atoms with van der Waals surface area (Å²) in [5, 5.41) is 7.32. The van der Waals surface area contributed by atoms with E-state index in [9.17, 15) is 4.79 Å². The molecule has 1 amide bonds. The van der Waals surface area contributed by atoms with E-state index in [1.54, 1.807) is 19.1 Å². The summed E-state index contributed by atoms with van der Waals surface area (Å²) in [5.41, 5.74) is 2.89. The maximum absolute atomic E-state index is 12.5. The van der Waals surface area contributed by atoms with Crippen LogP contribution in [0.5, 0.6) is 0 Å². The summed E-state index contributed by atoms with van der Waals surface area (Å²) in [6.07, 6.45) is 1.63. The fourth-order valence-corrected chi connectivity index (χ4v) is 2.56. The first-order valence-corrected chi connectivity index (χ1v) is 7.24. The summed E-state index contributed by atoms with van der Waals surface area (Å²) in [6.45, 7) is 9.49. The lowest BCUT2D eigenvalue weighted by molar-refractivity contribution is 0.0959. The Hall–Kier alpha value is -2.89. The molecule has 0 aliphatic carbocycles. The van der Waals surface area contributed by atoms with Crippen molar-refractivity contribution < 1.29 is 13.7 Å². The van der Waals surface area contributed by atoms with Crippen molar-refractivity contribution in [3.8, 4) is 11.3 Å². The van der Waals surface area contributed by atoms with Gasteiger partial charge >= 0.3 is 0 Å². The van der Waals surface area contributed by atoms with Crippen LogP contribution in [0.4, 0.5) is 0 Å². The number of fused-ring (bicyclic) bond motifs is 1. The van der Waals surface area contributed by atoms with Crippen LogP contribution in [0, 0.1) is 20.8 Å². The lowest BCUT2D eigenvalue weighted by atomic mass is 10.1. The van der Waals surface area contributed by atoms with E-state index in [1.807, 2.05) is 19.9 Å². The molecule has 0 unspecified atom stereocenters. The van der Waals surface area contributed by atoms with Gasteiger partial charge in [-0.15, -0.1) is 6.58 Å². The normalized spacial score (nSPS) is 10.9. The fraction of sp³-hybridized carbons (Fsp3) is 0.235. The third-order valence-corrected chi connectivity index (χ3v) is 3.59. The van der Waals surface area contributed by atoms with Gasteiger partial charge in [0.05, 0.1) is 22.3 Å². The zero-order chi connectivity index (χ0) is 16.6. The first kappa shape index (κ1) is 15.0. The molecule has 23 heavy (non-hydrogen) atoms. The minimum Gasteiger partial charge on any atom is -0.466 e. The SMILES string of the molecule is C=CCNC(=O)c1cc(-c2cc(C)oc2C)nc2onc(C)c12. The van der Waals surface area contributed by atoms with Gasteiger partial charge in [-0.3, -0.25) is 4.79 Å². The first-order chi connectivity index (χ1) is 11.0. The minimum absolute atomic E-state index is 0.220. The van der Waals surface area contributed by atoms with E-state index in [0.29, 0.717) is 34.6 Å². The number of amides is 1. The summed E-state index contributed by atoms with van der Waals surface area (Å²) >= 11 is 0. The highest BCUT2D eigenvalue weighted by Gasteiger charge is 2.20. The predicted octanol–water partition coefficient (Wildman–Crippen LogP) is 3.32. The van der Waals surface area contributed by atoms with Gasteiger partial charge in [0.1, 0.15) is 11.5 Å². The number of nitrogens with one attached hydrogen (secondary N) is 1. The molecule has 0 aliphatic rings. The van der Waals surface area contributed by atoms with Crippen molar-refractivity contribution in [1.29, 1.82) is 0 Å². The van der Waals surface area contributed by atoms with Gasteiger partial charge in [0.2, 0.25) is 0 Å². The van der Waals surface area contributed by atoms with Crippen LogP contribution in [0.25, 0.3) is 22.4 Å². The largest absolute Gasteiger partial charge is 0.466 e. The number of hydrogen-bond donors (Lipinski definition) is 1. The van der Waals surface area contributed by atoms with E-state index in [4.69, 9.17) is 8.94 Å². The van der Waals surface area contributed by atoms with E-state index >= 15 is 0 Å². The van der Waals surface area contributed by atoms with Gasteiger partial charge in [0.15, 0.2) is 0 Å². The second-order valence-corrected chi connectivity index (χ2v) is 5.33. The molecule has 0 bridgehead atoms. The van der Waals surface area contributed by atoms with Crippen molar-refractivity contribution in [2.75, 3.05) is 6.54 Å². The lowest BCUT2D eigenvalue weighted by Gasteiger charge is -2.06. The van der Waals surface area contributed by atoms with Crippen LogP contribution < -0.4 is 5.32 Å². The standard InChI is InChI=1S/C17H17N3O3/c1-5-6-18-16(21)13-8-14(12-7-9(2)22-11(12)4)19-17-15(13)10(3)20-23-17/h5,7-8H,1,6H2,2-4H3,(H,18,21). The molecule has 118 valence electrons. The Kier molecular flexibility index (Phi) is 3.73. The van der Waals surface area contributed by atoms with E-state index < -0.39 is 0 Å². The van der Waals surface area contributed by atoms with Gasteiger partial charge in [-0.1, -0.05) is 11.2 Å². The van der Waals surface area contributed by atoms with Gasteiger partial charge in [-0.2, -0.15) is 0 Å². The molecule has 3 aromatic heterocycles. The summed E-state index contributed by atoms with van der Waals surface area (Å²) < 4.78 is 10.8. The topological polar surface area (TPSA) is 81.2 Å². The van der Waals surface area contributed by atoms with E-state index in [1.165, 1.54) is 0 Å². The fourth-order valence-electron chi connectivity index (χ4n) is 2.56. The number of pyridine rings is 1. The molecule has 0 saturated carbocycles. The van der Waals surface area contributed by atoms with E-state index in [2.05, 4.69) is 22.0 Å². The number of hydrogen-bond acceptors (Lipinski definition) is 5. The molecular formula is C17H17N3O3. The molecule has 6 nitrogen and oxygen atoms in total. The van der Waals surface area contributed by atoms with Gasteiger partial charge < -0.3 is 14.3 Å². The molecule has 0 fully saturated rings. The monoisotopic (exact) mass is 311 g/mol. The van der Waals surface area contributed by atoms with Crippen molar-refractivity contribution in [3.63, 3.8) is 0 Å². The molecule has 3 rings (SSSR count). The van der Waals surface area contributed by atoms with Crippen LogP contribution in [0.2, 0.25) is 0 Å². The van der Waals surface area contributed by atoms with Crippen LogP contribution >= 0.6 is 0 Å². The summed E-state index contributed by atoms with van der Waals surface area (Å²) in [4.78, 5) is 16.9. The Bertz CT molecular complexity index is 905.